The Balaban J connectivity index is 1.23. The molecule has 5 heteroatoms. The van der Waals surface area contributed by atoms with Crippen molar-refractivity contribution < 1.29 is 9.59 Å². The van der Waals surface area contributed by atoms with E-state index >= 15 is 0 Å². The Hall–Kier alpha value is -1.88. The van der Waals surface area contributed by atoms with Gasteiger partial charge in [-0.3, -0.25) is 14.5 Å². The number of aryl methyl sites for hydroxylation is 1. The molecule has 2 amide bonds. The molecular weight excluding hydrogens is 338 g/mol. The number of hydrogen-bond donors (Lipinski definition) is 0. The van der Waals surface area contributed by atoms with Crippen LogP contribution in [0.5, 0.6) is 0 Å². The molecule has 2 saturated heterocycles. The molecule has 2 heterocycles. The van der Waals surface area contributed by atoms with Crippen LogP contribution in [0, 0.1) is 0 Å². The second-order valence-electron chi connectivity index (χ2n) is 8.17. The van der Waals surface area contributed by atoms with Crippen molar-refractivity contribution in [3.63, 3.8) is 0 Å². The Morgan fingerprint density at radius 3 is 2.52 bits per heavy atom. The fraction of sp³-hybridized carbons (Fsp3) is 0.636. The van der Waals surface area contributed by atoms with Gasteiger partial charge in [0.05, 0.1) is 0 Å². The number of carbonyl (C=O) groups excluding carboxylic acids is 2. The highest BCUT2D eigenvalue weighted by Gasteiger charge is 2.29. The van der Waals surface area contributed by atoms with Gasteiger partial charge >= 0.3 is 0 Å². The lowest BCUT2D eigenvalue weighted by Crippen LogP contribution is -2.53. The number of carbonyl (C=O) groups is 2. The summed E-state index contributed by atoms with van der Waals surface area (Å²) in [4.78, 5) is 30.9. The van der Waals surface area contributed by atoms with E-state index in [4.69, 9.17) is 0 Å². The maximum Gasteiger partial charge on any atom is 0.224 e. The number of amides is 2. The van der Waals surface area contributed by atoms with Crippen molar-refractivity contribution >= 4 is 11.8 Å². The molecule has 5 nitrogen and oxygen atoms in total. The molecule has 0 N–H and O–H groups in total. The van der Waals surface area contributed by atoms with Crippen molar-refractivity contribution in [1.29, 1.82) is 0 Å². The highest BCUT2D eigenvalue weighted by Crippen LogP contribution is 2.25. The lowest BCUT2D eigenvalue weighted by molar-refractivity contribution is -0.136. The third kappa shape index (κ3) is 4.34. The number of hydrogen-bond acceptors (Lipinski definition) is 3. The van der Waals surface area contributed by atoms with Crippen LogP contribution in [-0.2, 0) is 22.4 Å². The Morgan fingerprint density at radius 2 is 1.74 bits per heavy atom. The van der Waals surface area contributed by atoms with Crippen LogP contribution in [0.15, 0.2) is 24.3 Å². The summed E-state index contributed by atoms with van der Waals surface area (Å²) in [5.41, 5.74) is 3.01. The normalized spacial score (nSPS) is 24.0. The predicted octanol–water partition coefficient (Wildman–Crippen LogP) is 2.09. The van der Waals surface area contributed by atoms with Crippen LogP contribution in [-0.4, -0.2) is 71.8 Å². The molecule has 1 aliphatic carbocycles. The summed E-state index contributed by atoms with van der Waals surface area (Å²) in [6, 6.07) is 9.42. The molecule has 2 fully saturated rings. The fourth-order valence-electron chi connectivity index (χ4n) is 4.81. The molecule has 27 heavy (non-hydrogen) atoms. The van der Waals surface area contributed by atoms with Crippen molar-refractivity contribution in [3.8, 4) is 0 Å². The van der Waals surface area contributed by atoms with E-state index in [1.165, 1.54) is 24.0 Å². The predicted molar refractivity (Wildman–Crippen MR) is 105 cm³/mol. The maximum atomic E-state index is 12.6. The van der Waals surface area contributed by atoms with E-state index in [2.05, 4.69) is 29.2 Å². The molecule has 0 bridgehead atoms. The lowest BCUT2D eigenvalue weighted by Gasteiger charge is -2.41. The molecule has 1 atom stereocenters. The molecule has 3 aliphatic rings. The summed E-state index contributed by atoms with van der Waals surface area (Å²) in [5.74, 6) is 0.429. The Labute approximate surface area is 162 Å². The molecule has 1 aromatic carbocycles. The van der Waals surface area contributed by atoms with Crippen molar-refractivity contribution in [2.45, 2.75) is 51.0 Å². The third-order valence-corrected chi connectivity index (χ3v) is 6.52. The van der Waals surface area contributed by atoms with Gasteiger partial charge in [-0.25, -0.2) is 0 Å². The SMILES string of the molecule is O=C1CCCCN1CCC(=O)N1CCN([C@@H]2CCc3ccccc3C2)CC1. The van der Waals surface area contributed by atoms with E-state index in [1.807, 2.05) is 9.80 Å². The van der Waals surface area contributed by atoms with E-state index in [1.54, 1.807) is 0 Å². The van der Waals surface area contributed by atoms with Gasteiger partial charge in [-0.2, -0.15) is 0 Å². The zero-order chi connectivity index (χ0) is 18.6. The van der Waals surface area contributed by atoms with Gasteiger partial charge in [-0.1, -0.05) is 24.3 Å². The van der Waals surface area contributed by atoms with E-state index < -0.39 is 0 Å². The minimum atomic E-state index is 0.210. The van der Waals surface area contributed by atoms with Gasteiger partial charge in [0, 0.05) is 58.2 Å². The first-order valence-electron chi connectivity index (χ1n) is 10.6. The Kier molecular flexibility index (Phi) is 5.77. The number of fused-ring (bicyclic) bond motifs is 1. The first-order valence-corrected chi connectivity index (χ1v) is 10.6. The third-order valence-electron chi connectivity index (χ3n) is 6.52. The molecule has 2 aliphatic heterocycles. The summed E-state index contributed by atoms with van der Waals surface area (Å²) in [6.45, 7) is 5.01. The second kappa shape index (κ2) is 8.42. The standard InChI is InChI=1S/C22H31N3O2/c26-21-7-3-4-11-24(21)12-10-22(27)25-15-13-23(14-16-25)20-9-8-18-5-1-2-6-19(18)17-20/h1-2,5-6,20H,3-4,7-17H2/t20-/m1/s1. The topological polar surface area (TPSA) is 43.9 Å². The zero-order valence-corrected chi connectivity index (χ0v) is 16.2. The molecule has 0 saturated carbocycles. The molecule has 0 unspecified atom stereocenters. The minimum absolute atomic E-state index is 0.210. The van der Waals surface area contributed by atoms with Crippen LogP contribution < -0.4 is 0 Å². The summed E-state index contributed by atoms with van der Waals surface area (Å²) in [5, 5.41) is 0. The molecule has 0 aromatic heterocycles. The summed E-state index contributed by atoms with van der Waals surface area (Å²) < 4.78 is 0. The minimum Gasteiger partial charge on any atom is -0.342 e. The number of benzene rings is 1. The van der Waals surface area contributed by atoms with Gasteiger partial charge < -0.3 is 9.80 Å². The van der Waals surface area contributed by atoms with Crippen LogP contribution in [0.2, 0.25) is 0 Å². The summed E-state index contributed by atoms with van der Waals surface area (Å²) >= 11 is 0. The van der Waals surface area contributed by atoms with Gasteiger partial charge in [0.25, 0.3) is 0 Å². The first-order chi connectivity index (χ1) is 13.2. The van der Waals surface area contributed by atoms with Crippen molar-refractivity contribution in [2.24, 2.45) is 0 Å². The Morgan fingerprint density at radius 1 is 0.963 bits per heavy atom. The summed E-state index contributed by atoms with van der Waals surface area (Å²) in [6.07, 6.45) is 6.73. The molecule has 146 valence electrons. The van der Waals surface area contributed by atoms with E-state index in [0.717, 1.165) is 52.0 Å². The largest absolute Gasteiger partial charge is 0.342 e. The van der Waals surface area contributed by atoms with Gasteiger partial charge in [0.1, 0.15) is 0 Å². The van der Waals surface area contributed by atoms with Crippen LogP contribution in [0.1, 0.15) is 43.2 Å². The maximum absolute atomic E-state index is 12.6. The fourth-order valence-corrected chi connectivity index (χ4v) is 4.81. The number of nitrogens with zero attached hydrogens (tertiary/aromatic N) is 3. The van der Waals surface area contributed by atoms with Gasteiger partial charge in [0.2, 0.25) is 11.8 Å². The number of piperidine rings is 1. The van der Waals surface area contributed by atoms with E-state index in [0.29, 0.717) is 25.4 Å². The van der Waals surface area contributed by atoms with Crippen molar-refractivity contribution in [3.05, 3.63) is 35.4 Å². The van der Waals surface area contributed by atoms with Gasteiger partial charge in [0.15, 0.2) is 0 Å². The Bertz CT molecular complexity index is 682. The van der Waals surface area contributed by atoms with E-state index in [-0.39, 0.29) is 11.8 Å². The first kappa shape index (κ1) is 18.5. The molecule has 1 aromatic rings. The second-order valence-corrected chi connectivity index (χ2v) is 8.17. The van der Waals surface area contributed by atoms with E-state index in [9.17, 15) is 9.59 Å². The average Bonchev–Trinajstić information content (AvgIpc) is 2.73. The van der Waals surface area contributed by atoms with Crippen LogP contribution >= 0.6 is 0 Å². The van der Waals surface area contributed by atoms with Crippen molar-refractivity contribution in [1.82, 2.24) is 14.7 Å². The van der Waals surface area contributed by atoms with Crippen LogP contribution in [0.25, 0.3) is 0 Å². The smallest absolute Gasteiger partial charge is 0.224 e. The monoisotopic (exact) mass is 369 g/mol. The lowest BCUT2D eigenvalue weighted by atomic mass is 9.87. The van der Waals surface area contributed by atoms with Gasteiger partial charge in [-0.15, -0.1) is 0 Å². The van der Waals surface area contributed by atoms with Gasteiger partial charge in [-0.05, 0) is 43.2 Å². The molecule has 0 radical (unpaired) electrons. The summed E-state index contributed by atoms with van der Waals surface area (Å²) in [7, 11) is 0. The average molecular weight is 370 g/mol. The zero-order valence-electron chi connectivity index (χ0n) is 16.2. The van der Waals surface area contributed by atoms with Crippen LogP contribution in [0.4, 0.5) is 0 Å². The number of rotatable bonds is 4. The number of likely N-dealkylation sites (tertiary alicyclic amines) is 1. The van der Waals surface area contributed by atoms with Crippen molar-refractivity contribution in [2.75, 3.05) is 39.3 Å². The molecule has 0 spiro atoms. The highest BCUT2D eigenvalue weighted by molar-refractivity contribution is 5.79. The quantitative estimate of drug-likeness (QED) is 0.816. The molecular formula is C22H31N3O2. The number of piperazine rings is 1. The highest BCUT2D eigenvalue weighted by atomic mass is 16.2. The molecule has 4 rings (SSSR count). The van der Waals surface area contributed by atoms with Crippen LogP contribution in [0.3, 0.4) is 0 Å².